The average Bonchev–Trinajstić information content (AvgIpc) is 2.40. The number of rotatable bonds is 3. The summed E-state index contributed by atoms with van der Waals surface area (Å²) in [5.74, 6) is 0. The average molecular weight is 359 g/mol. The van der Waals surface area contributed by atoms with Crippen LogP contribution in [0.25, 0.3) is 0 Å². The third kappa shape index (κ3) is 3.69. The zero-order valence-electron chi connectivity index (χ0n) is 11.3. The maximum Gasteiger partial charge on any atom is 0.416 e. The Morgan fingerprint density at radius 3 is 2.38 bits per heavy atom. The minimum Gasteiger partial charge on any atom is -0.397 e. The lowest BCUT2D eigenvalue weighted by atomic mass is 10.1. The van der Waals surface area contributed by atoms with Gasteiger partial charge in [0, 0.05) is 18.1 Å². The minimum atomic E-state index is -4.38. The summed E-state index contributed by atoms with van der Waals surface area (Å²) in [5.41, 5.74) is 6.73. The smallest absolute Gasteiger partial charge is 0.397 e. The minimum absolute atomic E-state index is 0.111. The van der Waals surface area contributed by atoms with Gasteiger partial charge in [0.25, 0.3) is 0 Å². The summed E-state index contributed by atoms with van der Waals surface area (Å²) in [6.07, 6.45) is -4.38. The van der Waals surface area contributed by atoms with Gasteiger partial charge in [-0.25, -0.2) is 0 Å². The molecule has 2 nitrogen and oxygen atoms in total. The van der Waals surface area contributed by atoms with Crippen LogP contribution in [0, 0.1) is 0 Å². The largest absolute Gasteiger partial charge is 0.416 e. The molecule has 6 heteroatoms. The van der Waals surface area contributed by atoms with Crippen LogP contribution in [0.15, 0.2) is 46.9 Å². The van der Waals surface area contributed by atoms with E-state index in [9.17, 15) is 13.2 Å². The van der Waals surface area contributed by atoms with Crippen LogP contribution in [0.1, 0.15) is 11.1 Å². The summed E-state index contributed by atoms with van der Waals surface area (Å²) >= 11 is 3.45. The zero-order valence-corrected chi connectivity index (χ0v) is 12.9. The van der Waals surface area contributed by atoms with Gasteiger partial charge in [-0.1, -0.05) is 34.1 Å². The normalized spacial score (nSPS) is 11.5. The Bertz CT molecular complexity index is 641. The van der Waals surface area contributed by atoms with Crippen LogP contribution in [0.4, 0.5) is 24.5 Å². The molecule has 0 spiro atoms. The molecule has 0 unspecified atom stereocenters. The maximum atomic E-state index is 12.6. The van der Waals surface area contributed by atoms with E-state index in [1.807, 2.05) is 29.2 Å². The van der Waals surface area contributed by atoms with Crippen molar-refractivity contribution < 1.29 is 13.2 Å². The molecule has 2 rings (SSSR count). The Labute approximate surface area is 129 Å². The monoisotopic (exact) mass is 358 g/mol. The van der Waals surface area contributed by atoms with Gasteiger partial charge in [0.15, 0.2) is 0 Å². The van der Waals surface area contributed by atoms with Crippen molar-refractivity contribution in [3.8, 4) is 0 Å². The first-order chi connectivity index (χ1) is 9.79. The maximum absolute atomic E-state index is 12.6. The molecule has 0 atom stereocenters. The lowest BCUT2D eigenvalue weighted by Crippen LogP contribution is -2.18. The number of halogens is 4. The highest BCUT2D eigenvalue weighted by atomic mass is 79.9. The van der Waals surface area contributed by atoms with Crippen LogP contribution >= 0.6 is 15.9 Å². The molecule has 0 aliphatic rings. The number of hydrogen-bond donors (Lipinski definition) is 1. The zero-order chi connectivity index (χ0) is 15.6. The van der Waals surface area contributed by atoms with E-state index < -0.39 is 11.7 Å². The van der Waals surface area contributed by atoms with Gasteiger partial charge in [0.1, 0.15) is 0 Å². The fraction of sp³-hybridized carbons (Fsp3) is 0.200. The van der Waals surface area contributed by atoms with E-state index in [4.69, 9.17) is 5.73 Å². The molecule has 0 radical (unpaired) electrons. The molecule has 2 aromatic rings. The predicted molar refractivity (Wildman–Crippen MR) is 82.1 cm³/mol. The van der Waals surface area contributed by atoms with Gasteiger partial charge in [-0.05, 0) is 29.8 Å². The van der Waals surface area contributed by atoms with E-state index in [0.717, 1.165) is 22.2 Å². The third-order valence-electron chi connectivity index (χ3n) is 3.13. The number of benzene rings is 2. The molecule has 2 N–H and O–H groups in total. The van der Waals surface area contributed by atoms with Gasteiger partial charge in [-0.15, -0.1) is 0 Å². The van der Waals surface area contributed by atoms with Gasteiger partial charge in [-0.2, -0.15) is 13.2 Å². The molecule has 0 fully saturated rings. The Morgan fingerprint density at radius 2 is 1.81 bits per heavy atom. The van der Waals surface area contributed by atoms with Gasteiger partial charge < -0.3 is 10.6 Å². The summed E-state index contributed by atoms with van der Waals surface area (Å²) in [6, 6.07) is 11.1. The van der Waals surface area contributed by atoms with E-state index in [-0.39, 0.29) is 5.69 Å². The topological polar surface area (TPSA) is 29.3 Å². The van der Waals surface area contributed by atoms with Crippen LogP contribution in [0.2, 0.25) is 0 Å². The fourth-order valence-corrected chi connectivity index (χ4v) is 2.46. The number of anilines is 2. The second-order valence-corrected chi connectivity index (χ2v) is 5.57. The van der Waals surface area contributed by atoms with Crippen molar-refractivity contribution in [3.63, 3.8) is 0 Å². The van der Waals surface area contributed by atoms with Gasteiger partial charge in [0.2, 0.25) is 0 Å². The van der Waals surface area contributed by atoms with Crippen molar-refractivity contribution in [2.75, 3.05) is 17.7 Å². The molecule has 0 aromatic heterocycles. The van der Waals surface area contributed by atoms with Crippen molar-refractivity contribution in [2.45, 2.75) is 12.7 Å². The number of nitrogen functional groups attached to an aromatic ring is 1. The third-order valence-corrected chi connectivity index (χ3v) is 3.91. The second-order valence-electron chi connectivity index (χ2n) is 4.72. The van der Waals surface area contributed by atoms with E-state index in [1.165, 1.54) is 6.07 Å². The molecule has 112 valence electrons. The summed E-state index contributed by atoms with van der Waals surface area (Å²) in [7, 11) is 1.79. The first kappa shape index (κ1) is 15.7. The molecular formula is C15H14BrF3N2. The van der Waals surface area contributed by atoms with E-state index >= 15 is 0 Å². The first-order valence-electron chi connectivity index (χ1n) is 6.20. The van der Waals surface area contributed by atoms with Crippen molar-refractivity contribution in [3.05, 3.63) is 58.1 Å². The molecule has 0 amide bonds. The number of hydrogen-bond acceptors (Lipinski definition) is 2. The Balaban J connectivity index is 2.24. The lowest BCUT2D eigenvalue weighted by molar-refractivity contribution is -0.137. The highest BCUT2D eigenvalue weighted by Crippen LogP contribution is 2.34. The van der Waals surface area contributed by atoms with Gasteiger partial charge in [0.05, 0.1) is 16.9 Å². The SMILES string of the molecule is CN(Cc1ccccc1Br)c1ccc(C(F)(F)F)cc1N. The summed E-state index contributed by atoms with van der Waals surface area (Å²) < 4.78 is 38.8. The fourth-order valence-electron chi connectivity index (χ4n) is 2.05. The molecule has 0 bridgehead atoms. The van der Waals surface area contributed by atoms with Crippen LogP contribution < -0.4 is 10.6 Å². The molecule has 21 heavy (non-hydrogen) atoms. The Kier molecular flexibility index (Phi) is 4.46. The highest BCUT2D eigenvalue weighted by Gasteiger charge is 2.31. The van der Waals surface area contributed by atoms with Crippen molar-refractivity contribution >= 4 is 27.3 Å². The Morgan fingerprint density at radius 1 is 1.14 bits per heavy atom. The van der Waals surface area contributed by atoms with Gasteiger partial charge in [-0.3, -0.25) is 0 Å². The predicted octanol–water partition coefficient (Wildman–Crippen LogP) is 4.69. The van der Waals surface area contributed by atoms with E-state index in [1.54, 1.807) is 7.05 Å². The van der Waals surface area contributed by atoms with Crippen LogP contribution in [-0.2, 0) is 12.7 Å². The van der Waals surface area contributed by atoms with Crippen LogP contribution in [-0.4, -0.2) is 7.05 Å². The first-order valence-corrected chi connectivity index (χ1v) is 6.99. The van der Waals surface area contributed by atoms with E-state index in [2.05, 4.69) is 15.9 Å². The number of nitrogens with two attached hydrogens (primary N) is 1. The Hall–Kier alpha value is -1.69. The summed E-state index contributed by atoms with van der Waals surface area (Å²) in [4.78, 5) is 1.82. The van der Waals surface area contributed by atoms with Crippen molar-refractivity contribution in [1.29, 1.82) is 0 Å². The molecule has 0 saturated carbocycles. The second kappa shape index (κ2) is 5.97. The summed E-state index contributed by atoms with van der Waals surface area (Å²) in [6.45, 7) is 0.539. The molecule has 0 saturated heterocycles. The highest BCUT2D eigenvalue weighted by molar-refractivity contribution is 9.10. The lowest BCUT2D eigenvalue weighted by Gasteiger charge is -2.22. The number of nitrogens with zero attached hydrogens (tertiary/aromatic N) is 1. The summed E-state index contributed by atoms with van der Waals surface area (Å²) in [5, 5.41) is 0. The molecule has 2 aromatic carbocycles. The molecule has 0 heterocycles. The molecule has 0 aliphatic carbocycles. The number of alkyl halides is 3. The molecular weight excluding hydrogens is 345 g/mol. The van der Waals surface area contributed by atoms with E-state index in [0.29, 0.717) is 12.2 Å². The standard InChI is InChI=1S/C15H14BrF3N2/c1-21(9-10-4-2-3-5-12(10)16)14-7-6-11(8-13(14)20)15(17,18)19/h2-8H,9,20H2,1H3. The van der Waals surface area contributed by atoms with Crippen LogP contribution in [0.3, 0.4) is 0 Å². The van der Waals surface area contributed by atoms with Crippen molar-refractivity contribution in [1.82, 2.24) is 0 Å². The molecule has 0 aliphatic heterocycles. The van der Waals surface area contributed by atoms with Crippen molar-refractivity contribution in [2.24, 2.45) is 0 Å². The van der Waals surface area contributed by atoms with Gasteiger partial charge >= 0.3 is 6.18 Å². The quantitative estimate of drug-likeness (QED) is 0.806. The van der Waals surface area contributed by atoms with Crippen LogP contribution in [0.5, 0.6) is 0 Å².